The second-order valence-corrected chi connectivity index (χ2v) is 8.22. The van der Waals surface area contributed by atoms with Crippen LogP contribution in [0.1, 0.15) is 43.4 Å². The van der Waals surface area contributed by atoms with E-state index in [9.17, 15) is 27.2 Å². The van der Waals surface area contributed by atoms with Gasteiger partial charge in [0.1, 0.15) is 17.3 Å². The van der Waals surface area contributed by atoms with E-state index in [0.29, 0.717) is 36.2 Å². The number of hydrogen-bond donors (Lipinski definition) is 3. The first-order valence-corrected chi connectivity index (χ1v) is 10.3. The highest BCUT2D eigenvalue weighted by molar-refractivity contribution is 5.89. The molecule has 0 spiro atoms. The number of carbonyl (C=O) groups excluding carboxylic acids is 2. The van der Waals surface area contributed by atoms with Gasteiger partial charge in [0.15, 0.2) is 0 Å². The van der Waals surface area contributed by atoms with Gasteiger partial charge in [0.05, 0.1) is 0 Å². The van der Waals surface area contributed by atoms with E-state index >= 15 is 0 Å². The largest absolute Gasteiger partial charge is 0.399 e. The van der Waals surface area contributed by atoms with E-state index in [1.54, 1.807) is 0 Å². The summed E-state index contributed by atoms with van der Waals surface area (Å²) in [7, 11) is 0. The number of halogens is 4. The Hall–Kier alpha value is -2.84. The first-order chi connectivity index (χ1) is 14.7. The Morgan fingerprint density at radius 3 is 2.45 bits per heavy atom. The number of amides is 2. The fourth-order valence-corrected chi connectivity index (χ4v) is 4.31. The lowest BCUT2D eigenvalue weighted by molar-refractivity contribution is -0.213. The number of nitrogens with one attached hydrogen (secondary N) is 3. The van der Waals surface area contributed by atoms with Gasteiger partial charge in [0, 0.05) is 24.4 Å². The van der Waals surface area contributed by atoms with Gasteiger partial charge < -0.3 is 15.6 Å². The molecule has 9 heteroatoms. The van der Waals surface area contributed by atoms with Gasteiger partial charge in [0.25, 0.3) is 0 Å². The lowest BCUT2D eigenvalue weighted by Gasteiger charge is -2.42. The second kappa shape index (κ2) is 8.01. The number of hydrogen-bond acceptors (Lipinski definition) is 2. The molecule has 1 unspecified atom stereocenters. The predicted molar refractivity (Wildman–Crippen MR) is 106 cm³/mol. The monoisotopic (exact) mass is 437 g/mol. The molecule has 31 heavy (non-hydrogen) atoms. The van der Waals surface area contributed by atoms with Gasteiger partial charge in [-0.3, -0.25) is 9.59 Å². The fourth-order valence-electron chi connectivity index (χ4n) is 4.31. The lowest BCUT2D eigenvalue weighted by Crippen LogP contribution is -2.48. The van der Waals surface area contributed by atoms with Crippen molar-refractivity contribution in [3.05, 3.63) is 47.4 Å². The zero-order valence-corrected chi connectivity index (χ0v) is 16.7. The number of rotatable bonds is 6. The van der Waals surface area contributed by atoms with Crippen LogP contribution in [-0.4, -0.2) is 35.6 Å². The van der Waals surface area contributed by atoms with Crippen LogP contribution in [0.4, 0.5) is 17.6 Å². The highest BCUT2D eigenvalue weighted by Gasteiger charge is 2.60. The molecule has 1 aromatic carbocycles. The third-order valence-corrected chi connectivity index (χ3v) is 6.30. The topological polar surface area (TPSA) is 74.0 Å². The Balaban J connectivity index is 1.59. The third kappa shape index (κ3) is 4.05. The van der Waals surface area contributed by atoms with Gasteiger partial charge in [-0.25, -0.2) is 4.39 Å². The summed E-state index contributed by atoms with van der Waals surface area (Å²) in [5.41, 5.74) is -0.268. The number of aromatic amines is 1. The second-order valence-electron chi connectivity index (χ2n) is 8.22. The standard InChI is InChI=1S/C22H23F4N3O2/c23-15-5-2-13(3-6-15)19-14(4-7-18(30)28-16-8-11-27-20(16)31)12-17(29-19)21(9-1-10-21)22(24,25)26/h2-3,5-6,12,16,29H,1,4,7-11H2,(H,27,31)(H,28,30). The lowest BCUT2D eigenvalue weighted by atomic mass is 9.66. The molecule has 1 aromatic heterocycles. The Labute approximate surface area is 176 Å². The average molecular weight is 437 g/mol. The van der Waals surface area contributed by atoms with Crippen LogP contribution >= 0.6 is 0 Å². The summed E-state index contributed by atoms with van der Waals surface area (Å²) in [5, 5.41) is 5.29. The molecule has 2 fully saturated rings. The van der Waals surface area contributed by atoms with Gasteiger partial charge in [-0.2, -0.15) is 13.2 Å². The van der Waals surface area contributed by atoms with E-state index in [4.69, 9.17) is 0 Å². The molecule has 166 valence electrons. The molecule has 1 saturated heterocycles. The molecule has 2 amide bonds. The van der Waals surface area contributed by atoms with E-state index in [-0.39, 0.29) is 43.2 Å². The van der Waals surface area contributed by atoms with Crippen LogP contribution in [0.2, 0.25) is 0 Å². The van der Waals surface area contributed by atoms with Crippen molar-refractivity contribution in [3.8, 4) is 11.3 Å². The van der Waals surface area contributed by atoms with Crippen LogP contribution in [0.5, 0.6) is 0 Å². The number of H-pyrrole nitrogens is 1. The van der Waals surface area contributed by atoms with Crippen molar-refractivity contribution in [2.75, 3.05) is 6.54 Å². The molecule has 1 saturated carbocycles. The summed E-state index contributed by atoms with van der Waals surface area (Å²) in [6, 6.07) is 6.40. The maximum Gasteiger partial charge on any atom is 0.399 e. The van der Waals surface area contributed by atoms with E-state index in [0.717, 1.165) is 0 Å². The highest BCUT2D eigenvalue weighted by atomic mass is 19.4. The molecule has 2 aromatic rings. The molecule has 4 rings (SSSR count). The van der Waals surface area contributed by atoms with E-state index in [2.05, 4.69) is 15.6 Å². The Morgan fingerprint density at radius 2 is 1.90 bits per heavy atom. The molecule has 0 radical (unpaired) electrons. The van der Waals surface area contributed by atoms with Crippen LogP contribution in [0, 0.1) is 5.82 Å². The number of benzene rings is 1. The van der Waals surface area contributed by atoms with Crippen molar-refractivity contribution in [1.29, 1.82) is 0 Å². The Morgan fingerprint density at radius 1 is 1.19 bits per heavy atom. The van der Waals surface area contributed by atoms with E-state index < -0.39 is 23.5 Å². The summed E-state index contributed by atoms with van der Waals surface area (Å²) in [6.45, 7) is 0.499. The van der Waals surface area contributed by atoms with Crippen LogP contribution in [0.25, 0.3) is 11.3 Å². The van der Waals surface area contributed by atoms with Crippen molar-refractivity contribution in [2.45, 2.75) is 56.2 Å². The van der Waals surface area contributed by atoms with Crippen molar-refractivity contribution in [1.82, 2.24) is 15.6 Å². The SMILES string of the molecule is O=C(CCc1cc(C2(C(F)(F)F)CCC2)[nH]c1-c1ccc(F)cc1)NC1CCNC1=O. The predicted octanol–water partition coefficient (Wildman–Crippen LogP) is 3.74. The number of alkyl halides is 3. The minimum absolute atomic E-state index is 0.0105. The molecule has 0 bridgehead atoms. The van der Waals surface area contributed by atoms with Gasteiger partial charge in [-0.1, -0.05) is 6.42 Å². The summed E-state index contributed by atoms with van der Waals surface area (Å²) in [5.74, 6) is -1.03. The molecule has 1 aliphatic carbocycles. The van der Waals surface area contributed by atoms with Crippen molar-refractivity contribution in [3.63, 3.8) is 0 Å². The van der Waals surface area contributed by atoms with E-state index in [1.165, 1.54) is 30.3 Å². The van der Waals surface area contributed by atoms with Gasteiger partial charge in [-0.15, -0.1) is 0 Å². The first kappa shape index (κ1) is 21.4. The number of carbonyl (C=O) groups is 2. The van der Waals surface area contributed by atoms with Crippen molar-refractivity contribution >= 4 is 11.8 Å². The molecular formula is C22H23F4N3O2. The Bertz CT molecular complexity index is 978. The maximum atomic E-state index is 13.8. The van der Waals surface area contributed by atoms with Gasteiger partial charge in [-0.05, 0) is 67.1 Å². The van der Waals surface area contributed by atoms with Crippen LogP contribution in [-0.2, 0) is 21.4 Å². The number of aryl methyl sites for hydroxylation is 1. The molecule has 1 aliphatic heterocycles. The molecule has 3 N–H and O–H groups in total. The zero-order chi connectivity index (χ0) is 22.2. The van der Waals surface area contributed by atoms with Crippen LogP contribution in [0.15, 0.2) is 30.3 Å². The maximum absolute atomic E-state index is 13.8. The van der Waals surface area contributed by atoms with Crippen LogP contribution in [0.3, 0.4) is 0 Å². The summed E-state index contributed by atoms with van der Waals surface area (Å²) < 4.78 is 54.9. The molecule has 5 nitrogen and oxygen atoms in total. The molecule has 2 aliphatic rings. The molecule has 1 atom stereocenters. The summed E-state index contributed by atoms with van der Waals surface area (Å²) in [6.07, 6.45) is -3.15. The molecule has 2 heterocycles. The summed E-state index contributed by atoms with van der Waals surface area (Å²) in [4.78, 5) is 26.9. The minimum atomic E-state index is -4.39. The highest BCUT2D eigenvalue weighted by Crippen LogP contribution is 2.54. The normalized spacial score (nSPS) is 20.3. The van der Waals surface area contributed by atoms with Gasteiger partial charge >= 0.3 is 6.18 Å². The fraction of sp³-hybridized carbons (Fsp3) is 0.455. The molecular weight excluding hydrogens is 414 g/mol. The average Bonchev–Trinajstić information content (AvgIpc) is 3.25. The first-order valence-electron chi connectivity index (χ1n) is 10.3. The number of aromatic nitrogens is 1. The smallest absolute Gasteiger partial charge is 0.357 e. The minimum Gasteiger partial charge on any atom is -0.357 e. The Kier molecular flexibility index (Phi) is 5.53. The summed E-state index contributed by atoms with van der Waals surface area (Å²) >= 11 is 0. The third-order valence-electron chi connectivity index (χ3n) is 6.30. The zero-order valence-electron chi connectivity index (χ0n) is 16.7. The van der Waals surface area contributed by atoms with Crippen molar-refractivity contribution in [2.24, 2.45) is 0 Å². The van der Waals surface area contributed by atoms with Gasteiger partial charge in [0.2, 0.25) is 11.8 Å². The van der Waals surface area contributed by atoms with Crippen LogP contribution < -0.4 is 10.6 Å². The van der Waals surface area contributed by atoms with Crippen molar-refractivity contribution < 1.29 is 27.2 Å². The quantitative estimate of drug-likeness (QED) is 0.603. The van der Waals surface area contributed by atoms with E-state index in [1.807, 2.05) is 0 Å².